The summed E-state index contributed by atoms with van der Waals surface area (Å²) in [7, 11) is 0. The SMILES string of the molecule is CCCCCCOc1cc(-c2cn(Cc3cn4cc(CNCC5CCC5)ccc4n3)nn2)c2cn[nH]c2c1. The maximum atomic E-state index is 6.06. The van der Waals surface area contributed by atoms with Gasteiger partial charge in [-0.1, -0.05) is 43.9 Å². The fourth-order valence-electron chi connectivity index (χ4n) is 5.09. The van der Waals surface area contributed by atoms with Crippen molar-refractivity contribution in [3.05, 3.63) is 60.3 Å². The molecule has 0 radical (unpaired) electrons. The second-order valence-corrected chi connectivity index (χ2v) is 10.5. The summed E-state index contributed by atoms with van der Waals surface area (Å²) in [5.74, 6) is 1.68. The van der Waals surface area contributed by atoms with Crippen LogP contribution in [0.1, 0.15) is 63.1 Å². The normalized spacial score (nSPS) is 13.9. The predicted molar refractivity (Wildman–Crippen MR) is 148 cm³/mol. The van der Waals surface area contributed by atoms with E-state index in [0.29, 0.717) is 13.2 Å². The van der Waals surface area contributed by atoms with Crippen LogP contribution in [0.2, 0.25) is 0 Å². The molecule has 4 aromatic heterocycles. The summed E-state index contributed by atoms with van der Waals surface area (Å²) >= 11 is 0. The predicted octanol–water partition coefficient (Wildman–Crippen LogP) is 5.37. The largest absolute Gasteiger partial charge is 0.493 e. The lowest BCUT2D eigenvalue weighted by molar-refractivity contribution is 0.301. The average Bonchev–Trinajstić information content (AvgIpc) is 3.64. The number of imidazole rings is 1. The van der Waals surface area contributed by atoms with Crippen molar-refractivity contribution in [1.82, 2.24) is 39.9 Å². The van der Waals surface area contributed by atoms with Gasteiger partial charge in [0.2, 0.25) is 0 Å². The van der Waals surface area contributed by atoms with Gasteiger partial charge in [-0.05, 0) is 49.4 Å². The fraction of sp³-hybridized carbons (Fsp3) is 0.448. The van der Waals surface area contributed by atoms with Gasteiger partial charge in [-0.2, -0.15) is 5.10 Å². The third kappa shape index (κ3) is 5.57. The summed E-state index contributed by atoms with van der Waals surface area (Å²) in [5, 5.41) is 20.8. The number of benzene rings is 1. The number of aromatic amines is 1. The molecule has 0 spiro atoms. The Kier molecular flexibility index (Phi) is 7.35. The van der Waals surface area contributed by atoms with Crippen molar-refractivity contribution in [2.24, 2.45) is 5.92 Å². The van der Waals surface area contributed by atoms with Crippen molar-refractivity contribution in [2.75, 3.05) is 13.2 Å². The number of nitrogens with zero attached hydrogens (tertiary/aromatic N) is 6. The first kappa shape index (κ1) is 24.6. The molecule has 1 fully saturated rings. The molecule has 0 aliphatic heterocycles. The monoisotopic (exact) mass is 512 g/mol. The quantitative estimate of drug-likeness (QED) is 0.206. The van der Waals surface area contributed by atoms with Crippen LogP contribution < -0.4 is 10.1 Å². The van der Waals surface area contributed by atoms with Gasteiger partial charge in [-0.25, -0.2) is 9.67 Å². The number of aromatic nitrogens is 7. The molecule has 0 atom stereocenters. The number of H-pyrrole nitrogens is 1. The Labute approximate surface area is 222 Å². The summed E-state index contributed by atoms with van der Waals surface area (Å²) in [5.41, 5.74) is 5.82. The second kappa shape index (κ2) is 11.3. The van der Waals surface area contributed by atoms with E-state index in [2.05, 4.69) is 61.7 Å². The Hall–Kier alpha value is -3.72. The van der Waals surface area contributed by atoms with Gasteiger partial charge >= 0.3 is 0 Å². The number of hydrogen-bond donors (Lipinski definition) is 2. The molecule has 2 N–H and O–H groups in total. The van der Waals surface area contributed by atoms with Crippen molar-refractivity contribution in [3.63, 3.8) is 0 Å². The Morgan fingerprint density at radius 2 is 2.05 bits per heavy atom. The Bertz CT molecular complexity index is 1500. The van der Waals surface area contributed by atoms with E-state index in [-0.39, 0.29) is 0 Å². The molecule has 9 heteroatoms. The van der Waals surface area contributed by atoms with Gasteiger partial charge in [0.05, 0.1) is 36.8 Å². The molecular weight excluding hydrogens is 476 g/mol. The van der Waals surface area contributed by atoms with Gasteiger partial charge in [0.25, 0.3) is 0 Å². The van der Waals surface area contributed by atoms with Gasteiger partial charge in [0.1, 0.15) is 17.1 Å². The van der Waals surface area contributed by atoms with Gasteiger partial charge in [0.15, 0.2) is 0 Å². The molecule has 1 aliphatic rings. The Balaban J connectivity index is 1.14. The summed E-state index contributed by atoms with van der Waals surface area (Å²) in [6, 6.07) is 8.28. The molecule has 4 heterocycles. The maximum absolute atomic E-state index is 6.06. The van der Waals surface area contributed by atoms with Crippen molar-refractivity contribution in [2.45, 2.75) is 65.0 Å². The lowest BCUT2D eigenvalue weighted by atomic mass is 9.85. The van der Waals surface area contributed by atoms with Crippen molar-refractivity contribution in [3.8, 4) is 17.0 Å². The molecule has 0 bridgehead atoms. The summed E-state index contributed by atoms with van der Waals surface area (Å²) in [6.07, 6.45) is 16.8. The molecular formula is C29H36N8O. The number of ether oxygens (including phenoxy) is 1. The highest BCUT2D eigenvalue weighted by Crippen LogP contribution is 2.31. The van der Waals surface area contributed by atoms with Crippen molar-refractivity contribution < 1.29 is 4.74 Å². The average molecular weight is 513 g/mol. The van der Waals surface area contributed by atoms with Gasteiger partial charge in [-0.3, -0.25) is 5.10 Å². The number of rotatable bonds is 13. The molecule has 1 aliphatic carbocycles. The van der Waals surface area contributed by atoms with Crippen molar-refractivity contribution in [1.29, 1.82) is 0 Å². The van der Waals surface area contributed by atoms with Gasteiger partial charge in [-0.15, -0.1) is 5.10 Å². The van der Waals surface area contributed by atoms with E-state index in [4.69, 9.17) is 9.72 Å². The standard InChI is InChI=1S/C29H36N8O/c1-2-3-4-5-11-38-24-12-25(26-16-31-33-27(26)13-24)28-20-37(35-34-28)19-23-18-36-17-22(9-10-29(36)32-23)15-30-14-21-7-6-8-21/h9-10,12-13,16-18,20-21,30H,2-8,11,14-15,19H2,1H3,(H,31,33). The first-order valence-electron chi connectivity index (χ1n) is 13.9. The molecule has 1 aromatic carbocycles. The topological polar surface area (TPSA) is 98.0 Å². The molecule has 0 saturated heterocycles. The molecule has 6 rings (SSSR count). The number of nitrogens with one attached hydrogen (secondary N) is 2. The second-order valence-electron chi connectivity index (χ2n) is 10.5. The van der Waals surface area contributed by atoms with E-state index in [9.17, 15) is 0 Å². The van der Waals surface area contributed by atoms with Crippen LogP contribution in [0.4, 0.5) is 0 Å². The van der Waals surface area contributed by atoms with E-state index in [1.54, 1.807) is 0 Å². The molecule has 5 aromatic rings. The molecule has 198 valence electrons. The zero-order chi connectivity index (χ0) is 25.7. The van der Waals surface area contributed by atoms with Crippen LogP contribution in [0.15, 0.2) is 49.1 Å². The number of fused-ring (bicyclic) bond motifs is 2. The molecule has 38 heavy (non-hydrogen) atoms. The van der Waals surface area contributed by atoms with Crippen LogP contribution in [0.25, 0.3) is 27.8 Å². The Morgan fingerprint density at radius 3 is 2.92 bits per heavy atom. The van der Waals surface area contributed by atoms with Crippen LogP contribution in [-0.2, 0) is 13.1 Å². The smallest absolute Gasteiger partial charge is 0.137 e. The van der Waals surface area contributed by atoms with Crippen LogP contribution in [0.5, 0.6) is 5.75 Å². The minimum Gasteiger partial charge on any atom is -0.493 e. The first-order chi connectivity index (χ1) is 18.7. The van der Waals surface area contributed by atoms with E-state index in [0.717, 1.165) is 64.7 Å². The lowest BCUT2D eigenvalue weighted by Crippen LogP contribution is -2.26. The van der Waals surface area contributed by atoms with Crippen LogP contribution in [0.3, 0.4) is 0 Å². The van der Waals surface area contributed by atoms with Crippen LogP contribution >= 0.6 is 0 Å². The van der Waals surface area contributed by atoms with Crippen LogP contribution in [0, 0.1) is 5.92 Å². The highest BCUT2D eigenvalue weighted by atomic mass is 16.5. The van der Waals surface area contributed by atoms with Crippen LogP contribution in [-0.4, -0.2) is 47.7 Å². The van der Waals surface area contributed by atoms with E-state index < -0.39 is 0 Å². The van der Waals surface area contributed by atoms with Gasteiger partial charge in [0, 0.05) is 36.0 Å². The molecule has 9 nitrogen and oxygen atoms in total. The molecule has 0 amide bonds. The third-order valence-electron chi connectivity index (χ3n) is 7.49. The number of pyridine rings is 1. The van der Waals surface area contributed by atoms with E-state index >= 15 is 0 Å². The summed E-state index contributed by atoms with van der Waals surface area (Å²) in [6.45, 7) is 5.47. The van der Waals surface area contributed by atoms with E-state index in [1.165, 1.54) is 44.1 Å². The Morgan fingerprint density at radius 1 is 1.11 bits per heavy atom. The van der Waals surface area contributed by atoms with E-state index in [1.807, 2.05) is 29.2 Å². The molecule has 1 saturated carbocycles. The minimum absolute atomic E-state index is 0.548. The maximum Gasteiger partial charge on any atom is 0.137 e. The molecule has 0 unspecified atom stereocenters. The third-order valence-corrected chi connectivity index (χ3v) is 7.49. The highest BCUT2D eigenvalue weighted by molar-refractivity contribution is 5.94. The summed E-state index contributed by atoms with van der Waals surface area (Å²) in [4.78, 5) is 4.79. The first-order valence-corrected chi connectivity index (χ1v) is 13.9. The minimum atomic E-state index is 0.548. The zero-order valence-electron chi connectivity index (χ0n) is 22.1. The fourth-order valence-corrected chi connectivity index (χ4v) is 5.09. The summed E-state index contributed by atoms with van der Waals surface area (Å²) < 4.78 is 10.00. The van der Waals surface area contributed by atoms with Gasteiger partial charge < -0.3 is 14.5 Å². The number of unbranched alkanes of at least 4 members (excludes halogenated alkanes) is 3. The zero-order valence-corrected chi connectivity index (χ0v) is 22.1. The lowest BCUT2D eigenvalue weighted by Gasteiger charge is -2.25. The highest BCUT2D eigenvalue weighted by Gasteiger charge is 2.16. The van der Waals surface area contributed by atoms with Crippen molar-refractivity contribution >= 4 is 16.6 Å². The number of hydrogen-bond acceptors (Lipinski definition) is 6.